The van der Waals surface area contributed by atoms with Crippen LogP contribution in [0.4, 0.5) is 0 Å². The van der Waals surface area contributed by atoms with Crippen LogP contribution in [-0.2, 0) is 9.47 Å². The van der Waals surface area contributed by atoms with Gasteiger partial charge in [0.25, 0.3) is 0 Å². The summed E-state index contributed by atoms with van der Waals surface area (Å²) in [7, 11) is 0. The lowest BCUT2D eigenvalue weighted by Crippen LogP contribution is -2.24. The molecular formula is C12H22O2. The Bertz CT molecular complexity index is 150. The Balaban J connectivity index is 2.13. The first kappa shape index (κ1) is 11.7. The van der Waals surface area contributed by atoms with Gasteiger partial charge in [-0.3, -0.25) is 0 Å². The molecule has 0 aromatic heterocycles. The molecule has 1 unspecified atom stereocenters. The van der Waals surface area contributed by atoms with Gasteiger partial charge in [0, 0.05) is 12.5 Å². The second-order valence-corrected chi connectivity index (χ2v) is 3.91. The highest BCUT2D eigenvalue weighted by molar-refractivity contribution is 4.78. The van der Waals surface area contributed by atoms with Gasteiger partial charge in [0.1, 0.15) is 0 Å². The summed E-state index contributed by atoms with van der Waals surface area (Å²) in [5.41, 5.74) is 0. The Hall–Kier alpha value is -0.340. The van der Waals surface area contributed by atoms with Crippen LogP contribution in [0.25, 0.3) is 0 Å². The van der Waals surface area contributed by atoms with Crippen molar-refractivity contribution in [2.75, 3.05) is 13.2 Å². The van der Waals surface area contributed by atoms with Crippen LogP contribution in [0.1, 0.15) is 39.0 Å². The molecule has 0 amide bonds. The minimum atomic E-state index is 0.0445. The molecule has 1 rings (SSSR count). The molecule has 0 bridgehead atoms. The van der Waals surface area contributed by atoms with Crippen LogP contribution in [0.5, 0.6) is 0 Å². The monoisotopic (exact) mass is 198 g/mol. The molecule has 2 atom stereocenters. The molecule has 1 aliphatic rings. The SMILES string of the molecule is C=C[C@H](CCC)COC1CCCCO1. The van der Waals surface area contributed by atoms with Crippen molar-refractivity contribution in [3.05, 3.63) is 12.7 Å². The Morgan fingerprint density at radius 2 is 2.43 bits per heavy atom. The minimum absolute atomic E-state index is 0.0445. The Morgan fingerprint density at radius 1 is 1.57 bits per heavy atom. The zero-order chi connectivity index (χ0) is 10.2. The molecule has 82 valence electrons. The van der Waals surface area contributed by atoms with Gasteiger partial charge in [-0.15, -0.1) is 6.58 Å². The molecule has 2 heteroatoms. The number of ether oxygens (including phenoxy) is 2. The van der Waals surface area contributed by atoms with Gasteiger partial charge in [-0.05, 0) is 25.7 Å². The highest BCUT2D eigenvalue weighted by Gasteiger charge is 2.15. The second-order valence-electron chi connectivity index (χ2n) is 3.91. The van der Waals surface area contributed by atoms with E-state index in [1.165, 1.54) is 19.3 Å². The predicted molar refractivity (Wildman–Crippen MR) is 58.1 cm³/mol. The molecule has 0 aliphatic carbocycles. The maximum Gasteiger partial charge on any atom is 0.157 e. The van der Waals surface area contributed by atoms with Crippen LogP contribution in [0.15, 0.2) is 12.7 Å². The fraction of sp³-hybridized carbons (Fsp3) is 0.833. The van der Waals surface area contributed by atoms with Crippen LogP contribution >= 0.6 is 0 Å². The summed E-state index contributed by atoms with van der Waals surface area (Å²) in [5, 5.41) is 0. The molecule has 1 fully saturated rings. The molecule has 1 heterocycles. The summed E-state index contributed by atoms with van der Waals surface area (Å²) in [6, 6.07) is 0. The van der Waals surface area contributed by atoms with E-state index in [2.05, 4.69) is 13.5 Å². The van der Waals surface area contributed by atoms with Gasteiger partial charge in [0.05, 0.1) is 6.61 Å². The fourth-order valence-electron chi connectivity index (χ4n) is 1.71. The van der Waals surface area contributed by atoms with E-state index in [0.717, 1.165) is 26.1 Å². The van der Waals surface area contributed by atoms with E-state index >= 15 is 0 Å². The van der Waals surface area contributed by atoms with E-state index in [0.29, 0.717) is 5.92 Å². The van der Waals surface area contributed by atoms with Crippen molar-refractivity contribution in [1.29, 1.82) is 0 Å². The van der Waals surface area contributed by atoms with Gasteiger partial charge in [0.15, 0.2) is 6.29 Å². The third-order valence-electron chi connectivity index (χ3n) is 2.63. The number of hydrogen-bond donors (Lipinski definition) is 0. The Kier molecular flexibility index (Phi) is 5.88. The quantitative estimate of drug-likeness (QED) is 0.610. The lowest BCUT2D eigenvalue weighted by atomic mass is 10.1. The molecule has 0 spiro atoms. The van der Waals surface area contributed by atoms with Crippen LogP contribution < -0.4 is 0 Å². The molecule has 0 aromatic carbocycles. The largest absolute Gasteiger partial charge is 0.353 e. The lowest BCUT2D eigenvalue weighted by molar-refractivity contribution is -0.167. The normalized spacial score (nSPS) is 24.5. The van der Waals surface area contributed by atoms with Crippen molar-refractivity contribution in [2.24, 2.45) is 5.92 Å². The van der Waals surface area contributed by atoms with E-state index in [-0.39, 0.29) is 6.29 Å². The number of hydrogen-bond acceptors (Lipinski definition) is 2. The second kappa shape index (κ2) is 7.02. The average molecular weight is 198 g/mol. The number of rotatable bonds is 6. The van der Waals surface area contributed by atoms with Crippen molar-refractivity contribution < 1.29 is 9.47 Å². The van der Waals surface area contributed by atoms with E-state index in [9.17, 15) is 0 Å². The van der Waals surface area contributed by atoms with Gasteiger partial charge in [-0.2, -0.15) is 0 Å². The minimum Gasteiger partial charge on any atom is -0.353 e. The smallest absolute Gasteiger partial charge is 0.157 e. The predicted octanol–water partition coefficient (Wildman–Crippen LogP) is 3.13. The van der Waals surface area contributed by atoms with E-state index in [1.807, 2.05) is 6.08 Å². The first-order chi connectivity index (χ1) is 6.86. The third kappa shape index (κ3) is 4.25. The first-order valence-electron chi connectivity index (χ1n) is 5.72. The van der Waals surface area contributed by atoms with Crippen molar-refractivity contribution in [2.45, 2.75) is 45.3 Å². The topological polar surface area (TPSA) is 18.5 Å². The van der Waals surface area contributed by atoms with Crippen LogP contribution in [0.2, 0.25) is 0 Å². The third-order valence-corrected chi connectivity index (χ3v) is 2.63. The van der Waals surface area contributed by atoms with Crippen molar-refractivity contribution >= 4 is 0 Å². The van der Waals surface area contributed by atoms with Crippen molar-refractivity contribution in [1.82, 2.24) is 0 Å². The van der Waals surface area contributed by atoms with Gasteiger partial charge in [-0.1, -0.05) is 19.4 Å². The standard InChI is InChI=1S/C12H22O2/c1-3-7-11(4-2)10-14-12-8-5-6-9-13-12/h4,11-12H,2-3,5-10H2,1H3/t11-,12?/m1/s1. The van der Waals surface area contributed by atoms with Gasteiger partial charge >= 0.3 is 0 Å². The molecule has 1 aliphatic heterocycles. The molecule has 0 radical (unpaired) electrons. The van der Waals surface area contributed by atoms with Crippen LogP contribution in [0, 0.1) is 5.92 Å². The fourth-order valence-corrected chi connectivity index (χ4v) is 1.71. The maximum atomic E-state index is 5.70. The highest BCUT2D eigenvalue weighted by Crippen LogP contribution is 2.16. The van der Waals surface area contributed by atoms with E-state index in [1.54, 1.807) is 0 Å². The average Bonchev–Trinajstić information content (AvgIpc) is 2.25. The maximum absolute atomic E-state index is 5.70. The van der Waals surface area contributed by atoms with E-state index < -0.39 is 0 Å². The summed E-state index contributed by atoms with van der Waals surface area (Å²) in [5.74, 6) is 0.491. The molecule has 2 nitrogen and oxygen atoms in total. The summed E-state index contributed by atoms with van der Waals surface area (Å²) < 4.78 is 11.2. The molecule has 0 saturated carbocycles. The van der Waals surface area contributed by atoms with E-state index in [4.69, 9.17) is 9.47 Å². The Labute approximate surface area is 87.3 Å². The van der Waals surface area contributed by atoms with Crippen molar-refractivity contribution in [3.63, 3.8) is 0 Å². The molecule has 14 heavy (non-hydrogen) atoms. The van der Waals surface area contributed by atoms with Gasteiger partial charge in [0.2, 0.25) is 0 Å². The van der Waals surface area contributed by atoms with Gasteiger partial charge in [-0.25, -0.2) is 0 Å². The summed E-state index contributed by atoms with van der Waals surface area (Å²) in [6.07, 6.45) is 7.85. The van der Waals surface area contributed by atoms with Crippen LogP contribution in [0.3, 0.4) is 0 Å². The molecule has 1 saturated heterocycles. The Morgan fingerprint density at radius 3 is 3.00 bits per heavy atom. The highest BCUT2D eigenvalue weighted by atomic mass is 16.7. The first-order valence-corrected chi connectivity index (χ1v) is 5.72. The lowest BCUT2D eigenvalue weighted by Gasteiger charge is -2.24. The van der Waals surface area contributed by atoms with Gasteiger partial charge < -0.3 is 9.47 Å². The summed E-state index contributed by atoms with van der Waals surface area (Å²) >= 11 is 0. The zero-order valence-corrected chi connectivity index (χ0v) is 9.21. The molecule has 0 aromatic rings. The zero-order valence-electron chi connectivity index (χ0n) is 9.21. The van der Waals surface area contributed by atoms with Crippen molar-refractivity contribution in [3.8, 4) is 0 Å². The molecular weight excluding hydrogens is 176 g/mol. The van der Waals surface area contributed by atoms with Crippen LogP contribution in [-0.4, -0.2) is 19.5 Å². The molecule has 0 N–H and O–H groups in total. The summed E-state index contributed by atoms with van der Waals surface area (Å²) in [4.78, 5) is 0. The summed E-state index contributed by atoms with van der Waals surface area (Å²) in [6.45, 7) is 7.63.